The smallest absolute Gasteiger partial charge is 0.361 e. The van der Waals surface area contributed by atoms with Gasteiger partial charge in [-0.1, -0.05) is 18.2 Å². The number of thiophene rings is 1. The average molecular weight is 393 g/mol. The molecule has 0 radical (unpaired) electrons. The normalized spacial score (nSPS) is 29.0. The quantitative estimate of drug-likeness (QED) is 0.722. The number of hydrogen-bond acceptors (Lipinski definition) is 8. The zero-order valence-electron chi connectivity index (χ0n) is 15.7. The standard InChI is InChI=1S/C18H23N3O5S/c1-5-10-14-15(26-18(3,4)25-14)16(24-10)21-13(11-8-7-9-27-11)12(19-20-21)17(22)23-6-2/h7-10,14-16H,5-6H2,1-4H3/t10-,14-,15-,16-/m1/s1. The first-order valence-corrected chi connectivity index (χ1v) is 10.0. The molecule has 4 rings (SSSR count). The minimum Gasteiger partial charge on any atom is -0.461 e. The van der Waals surface area contributed by atoms with E-state index < -0.39 is 18.0 Å². The molecule has 8 nitrogen and oxygen atoms in total. The highest BCUT2D eigenvalue weighted by atomic mass is 32.1. The molecule has 0 unspecified atom stereocenters. The highest BCUT2D eigenvalue weighted by Crippen LogP contribution is 2.45. The number of carbonyl (C=O) groups is 1. The van der Waals surface area contributed by atoms with Crippen LogP contribution in [0.4, 0.5) is 0 Å². The third-order valence-corrected chi connectivity index (χ3v) is 5.56. The SMILES string of the molecule is CCOC(=O)c1nnn([C@@H]2O[C@H](CC)[C@H]3OC(C)(C)O[C@H]32)c1-c1cccs1. The first kappa shape index (κ1) is 18.5. The van der Waals surface area contributed by atoms with Gasteiger partial charge in [-0.3, -0.25) is 0 Å². The summed E-state index contributed by atoms with van der Waals surface area (Å²) in [5.74, 6) is -1.20. The largest absolute Gasteiger partial charge is 0.461 e. The second-order valence-corrected chi connectivity index (χ2v) is 7.91. The molecule has 0 aromatic carbocycles. The van der Waals surface area contributed by atoms with E-state index in [0.29, 0.717) is 5.69 Å². The van der Waals surface area contributed by atoms with E-state index in [1.807, 2.05) is 38.3 Å². The van der Waals surface area contributed by atoms with E-state index in [1.54, 1.807) is 11.6 Å². The van der Waals surface area contributed by atoms with Crippen molar-refractivity contribution in [2.24, 2.45) is 0 Å². The molecule has 4 heterocycles. The molecule has 2 aromatic heterocycles. The van der Waals surface area contributed by atoms with Gasteiger partial charge in [-0.25, -0.2) is 9.48 Å². The van der Waals surface area contributed by atoms with Crippen LogP contribution in [-0.2, 0) is 18.9 Å². The first-order chi connectivity index (χ1) is 12.9. The summed E-state index contributed by atoms with van der Waals surface area (Å²) in [6, 6.07) is 3.83. The van der Waals surface area contributed by atoms with Crippen molar-refractivity contribution in [2.75, 3.05) is 6.61 Å². The van der Waals surface area contributed by atoms with Crippen LogP contribution >= 0.6 is 11.3 Å². The van der Waals surface area contributed by atoms with E-state index in [4.69, 9.17) is 18.9 Å². The van der Waals surface area contributed by atoms with E-state index in [0.717, 1.165) is 11.3 Å². The Morgan fingerprint density at radius 3 is 2.78 bits per heavy atom. The van der Waals surface area contributed by atoms with E-state index in [9.17, 15) is 4.79 Å². The minimum absolute atomic E-state index is 0.117. The maximum atomic E-state index is 12.4. The Balaban J connectivity index is 1.77. The molecule has 2 fully saturated rings. The molecule has 0 saturated carbocycles. The molecular formula is C18H23N3O5S. The zero-order chi connectivity index (χ0) is 19.2. The Kier molecular flexibility index (Phi) is 4.79. The molecule has 0 spiro atoms. The fourth-order valence-corrected chi connectivity index (χ4v) is 4.40. The van der Waals surface area contributed by atoms with Gasteiger partial charge in [0.05, 0.1) is 17.6 Å². The van der Waals surface area contributed by atoms with Crippen molar-refractivity contribution in [2.45, 2.75) is 64.4 Å². The number of esters is 1. The van der Waals surface area contributed by atoms with E-state index in [1.165, 1.54) is 11.3 Å². The molecular weight excluding hydrogens is 370 g/mol. The van der Waals surface area contributed by atoms with Crippen LogP contribution < -0.4 is 0 Å². The van der Waals surface area contributed by atoms with Crippen LogP contribution in [0.5, 0.6) is 0 Å². The number of ether oxygens (including phenoxy) is 4. The molecule has 146 valence electrons. The zero-order valence-corrected chi connectivity index (χ0v) is 16.6. The van der Waals surface area contributed by atoms with Gasteiger partial charge in [0.2, 0.25) is 0 Å². The van der Waals surface area contributed by atoms with Gasteiger partial charge in [0, 0.05) is 0 Å². The maximum absolute atomic E-state index is 12.4. The molecule has 2 aromatic rings. The second-order valence-electron chi connectivity index (χ2n) is 6.97. The van der Waals surface area contributed by atoms with Gasteiger partial charge < -0.3 is 18.9 Å². The number of aromatic nitrogens is 3. The Hall–Kier alpha value is -1.81. The lowest BCUT2D eigenvalue weighted by Gasteiger charge is -2.24. The fourth-order valence-electron chi connectivity index (χ4n) is 3.64. The van der Waals surface area contributed by atoms with Gasteiger partial charge in [-0.05, 0) is 38.6 Å². The van der Waals surface area contributed by atoms with Crippen LogP contribution in [0.3, 0.4) is 0 Å². The summed E-state index contributed by atoms with van der Waals surface area (Å²) in [7, 11) is 0. The number of fused-ring (bicyclic) bond motifs is 1. The van der Waals surface area contributed by atoms with Crippen molar-refractivity contribution >= 4 is 17.3 Å². The van der Waals surface area contributed by atoms with Gasteiger partial charge in [0.25, 0.3) is 0 Å². The molecule has 4 atom stereocenters. The molecule has 0 amide bonds. The van der Waals surface area contributed by atoms with E-state index in [2.05, 4.69) is 10.3 Å². The highest BCUT2D eigenvalue weighted by molar-refractivity contribution is 7.13. The second kappa shape index (κ2) is 6.97. The van der Waals surface area contributed by atoms with Gasteiger partial charge in [-0.2, -0.15) is 0 Å². The maximum Gasteiger partial charge on any atom is 0.361 e. The van der Waals surface area contributed by atoms with Crippen molar-refractivity contribution in [3.05, 3.63) is 23.2 Å². The monoisotopic (exact) mass is 393 g/mol. The Morgan fingerprint density at radius 2 is 2.11 bits per heavy atom. The van der Waals surface area contributed by atoms with Crippen LogP contribution in [-0.4, -0.2) is 51.7 Å². The van der Waals surface area contributed by atoms with Crippen molar-refractivity contribution in [1.29, 1.82) is 0 Å². The summed E-state index contributed by atoms with van der Waals surface area (Å²) in [4.78, 5) is 13.3. The first-order valence-electron chi connectivity index (χ1n) is 9.12. The third kappa shape index (κ3) is 3.18. The van der Waals surface area contributed by atoms with Crippen molar-refractivity contribution in [1.82, 2.24) is 15.0 Å². The topological polar surface area (TPSA) is 84.7 Å². The Labute approximate surface area is 161 Å². The summed E-state index contributed by atoms with van der Waals surface area (Å²) >= 11 is 1.50. The fraction of sp³-hybridized carbons (Fsp3) is 0.611. The van der Waals surface area contributed by atoms with Crippen LogP contribution in [0.1, 0.15) is 50.8 Å². The average Bonchev–Trinajstić information content (AvgIpc) is 3.36. The molecule has 0 N–H and O–H groups in total. The molecule has 2 saturated heterocycles. The summed E-state index contributed by atoms with van der Waals surface area (Å²) in [5.41, 5.74) is 0.759. The summed E-state index contributed by atoms with van der Waals surface area (Å²) in [6.45, 7) is 7.85. The molecule has 0 bridgehead atoms. The Morgan fingerprint density at radius 1 is 1.33 bits per heavy atom. The van der Waals surface area contributed by atoms with Gasteiger partial charge in [0.15, 0.2) is 17.7 Å². The minimum atomic E-state index is -0.696. The van der Waals surface area contributed by atoms with Crippen LogP contribution in [0.25, 0.3) is 10.6 Å². The van der Waals surface area contributed by atoms with Crippen LogP contribution in [0.15, 0.2) is 17.5 Å². The number of hydrogen-bond donors (Lipinski definition) is 0. The lowest BCUT2D eigenvalue weighted by atomic mass is 10.1. The van der Waals surface area contributed by atoms with E-state index >= 15 is 0 Å². The molecule has 2 aliphatic heterocycles. The molecule has 0 aliphatic carbocycles. The summed E-state index contributed by atoms with van der Waals surface area (Å²) in [6.07, 6.45) is -0.394. The molecule has 9 heteroatoms. The number of carbonyl (C=O) groups excluding carboxylic acids is 1. The number of nitrogens with zero attached hydrogens (tertiary/aromatic N) is 3. The predicted octanol–water partition coefficient (Wildman–Crippen LogP) is 3.01. The molecule has 27 heavy (non-hydrogen) atoms. The third-order valence-electron chi connectivity index (χ3n) is 4.69. The highest BCUT2D eigenvalue weighted by Gasteiger charge is 2.56. The predicted molar refractivity (Wildman–Crippen MR) is 97.3 cm³/mol. The summed E-state index contributed by atoms with van der Waals surface area (Å²) < 4.78 is 25.2. The van der Waals surface area contributed by atoms with Gasteiger partial charge in [-0.15, -0.1) is 16.4 Å². The molecule has 2 aliphatic rings. The number of rotatable bonds is 5. The van der Waals surface area contributed by atoms with Crippen molar-refractivity contribution in [3.63, 3.8) is 0 Å². The van der Waals surface area contributed by atoms with Crippen LogP contribution in [0, 0.1) is 0 Å². The summed E-state index contributed by atoms with van der Waals surface area (Å²) in [5, 5.41) is 10.3. The van der Waals surface area contributed by atoms with E-state index in [-0.39, 0.29) is 30.6 Å². The lowest BCUT2D eigenvalue weighted by Crippen LogP contribution is -2.29. The van der Waals surface area contributed by atoms with Gasteiger partial charge >= 0.3 is 5.97 Å². The lowest BCUT2D eigenvalue weighted by molar-refractivity contribution is -0.198. The van der Waals surface area contributed by atoms with Crippen molar-refractivity contribution in [3.8, 4) is 10.6 Å². The van der Waals surface area contributed by atoms with Gasteiger partial charge in [0.1, 0.15) is 17.9 Å². The van der Waals surface area contributed by atoms with Crippen molar-refractivity contribution < 1.29 is 23.7 Å². The Bertz CT molecular complexity index is 819. The van der Waals surface area contributed by atoms with Crippen LogP contribution in [0.2, 0.25) is 0 Å².